The van der Waals surface area contributed by atoms with E-state index in [0.29, 0.717) is 12.2 Å². The van der Waals surface area contributed by atoms with Gasteiger partial charge in [-0.25, -0.2) is 0 Å². The van der Waals surface area contributed by atoms with Gasteiger partial charge >= 0.3 is 0 Å². The first kappa shape index (κ1) is 19.7. The van der Waals surface area contributed by atoms with Gasteiger partial charge in [0.15, 0.2) is 11.0 Å². The summed E-state index contributed by atoms with van der Waals surface area (Å²) in [7, 11) is 0. The summed E-state index contributed by atoms with van der Waals surface area (Å²) in [4.78, 5) is 4.10. The van der Waals surface area contributed by atoms with Crippen molar-refractivity contribution in [3.63, 3.8) is 0 Å². The molecule has 6 nitrogen and oxygen atoms in total. The number of ether oxygens (including phenoxy) is 1. The zero-order valence-corrected chi connectivity index (χ0v) is 17.2. The minimum absolute atomic E-state index is 0.625. The summed E-state index contributed by atoms with van der Waals surface area (Å²) >= 11 is 1.60. The predicted molar refractivity (Wildman–Crippen MR) is 116 cm³/mol. The van der Waals surface area contributed by atoms with Gasteiger partial charge in [0.25, 0.3) is 0 Å². The highest BCUT2D eigenvalue weighted by molar-refractivity contribution is 7.98. The molecule has 0 unspecified atom stereocenters. The molecule has 2 aromatic heterocycles. The van der Waals surface area contributed by atoms with Crippen LogP contribution in [0.25, 0.3) is 17.1 Å². The number of aromatic nitrogens is 4. The quantitative estimate of drug-likeness (QED) is 0.402. The lowest BCUT2D eigenvalue weighted by atomic mass is 10.2. The summed E-state index contributed by atoms with van der Waals surface area (Å²) in [6.07, 6.45) is 3.49. The van der Waals surface area contributed by atoms with Crippen LogP contribution >= 0.6 is 11.8 Å². The van der Waals surface area contributed by atoms with Crippen LogP contribution in [0.5, 0.6) is 5.75 Å². The smallest absolute Gasteiger partial charge is 0.196 e. The van der Waals surface area contributed by atoms with Crippen molar-refractivity contribution in [1.29, 1.82) is 5.26 Å². The zero-order valence-electron chi connectivity index (χ0n) is 16.4. The molecular formula is C23H19N5OS. The van der Waals surface area contributed by atoms with Crippen LogP contribution in [-0.2, 0) is 5.75 Å². The van der Waals surface area contributed by atoms with E-state index in [2.05, 4.69) is 21.3 Å². The molecule has 0 fully saturated rings. The van der Waals surface area contributed by atoms with Gasteiger partial charge in [0, 0.05) is 29.4 Å². The van der Waals surface area contributed by atoms with Gasteiger partial charge in [0.1, 0.15) is 5.75 Å². The summed E-state index contributed by atoms with van der Waals surface area (Å²) in [5.74, 6) is 2.30. The fraction of sp³-hybridized carbons (Fsp3) is 0.130. The predicted octanol–water partition coefficient (Wildman–Crippen LogP) is 4.89. The molecule has 0 spiro atoms. The summed E-state index contributed by atoms with van der Waals surface area (Å²) in [5, 5.41) is 18.7. The molecule has 4 rings (SSSR count). The number of nitriles is 1. The van der Waals surface area contributed by atoms with Crippen LogP contribution in [0, 0.1) is 11.3 Å². The molecule has 2 heterocycles. The van der Waals surface area contributed by atoms with Gasteiger partial charge in [-0.1, -0.05) is 23.9 Å². The second-order valence-corrected chi connectivity index (χ2v) is 7.34. The SMILES string of the molecule is CCOc1ccc(-n2c(SCc3ccc(C#N)cc3)nnc2-c2ccncc2)cc1. The van der Waals surface area contributed by atoms with Gasteiger partial charge in [-0.3, -0.25) is 9.55 Å². The number of hydrogen-bond acceptors (Lipinski definition) is 6. The molecule has 148 valence electrons. The third-order valence-electron chi connectivity index (χ3n) is 4.43. The Morgan fingerprint density at radius 1 is 0.967 bits per heavy atom. The molecule has 0 bridgehead atoms. The molecule has 0 aliphatic heterocycles. The Hall–Kier alpha value is -3.63. The topological polar surface area (TPSA) is 76.6 Å². The Morgan fingerprint density at radius 2 is 1.70 bits per heavy atom. The van der Waals surface area contributed by atoms with Gasteiger partial charge in [0.2, 0.25) is 0 Å². The molecule has 0 radical (unpaired) electrons. The highest BCUT2D eigenvalue weighted by Crippen LogP contribution is 2.30. The Bertz CT molecular complexity index is 1150. The normalized spacial score (nSPS) is 10.5. The van der Waals surface area contributed by atoms with Gasteiger partial charge < -0.3 is 4.74 Å². The van der Waals surface area contributed by atoms with Crippen molar-refractivity contribution in [1.82, 2.24) is 19.7 Å². The van der Waals surface area contributed by atoms with E-state index < -0.39 is 0 Å². The van der Waals surface area contributed by atoms with E-state index >= 15 is 0 Å². The maximum absolute atomic E-state index is 8.97. The van der Waals surface area contributed by atoms with Crippen molar-refractivity contribution in [3.05, 3.63) is 84.2 Å². The number of thioether (sulfide) groups is 1. The van der Waals surface area contributed by atoms with Crippen LogP contribution in [-0.4, -0.2) is 26.4 Å². The lowest BCUT2D eigenvalue weighted by Gasteiger charge is -2.11. The Balaban J connectivity index is 1.67. The minimum Gasteiger partial charge on any atom is -0.494 e. The second kappa shape index (κ2) is 9.25. The van der Waals surface area contributed by atoms with E-state index in [1.54, 1.807) is 24.2 Å². The van der Waals surface area contributed by atoms with Crippen LogP contribution in [0.3, 0.4) is 0 Å². The highest BCUT2D eigenvalue weighted by Gasteiger charge is 2.16. The molecule has 0 saturated heterocycles. The molecule has 7 heteroatoms. The Kier molecular flexibility index (Phi) is 6.06. The third-order valence-corrected chi connectivity index (χ3v) is 5.43. The lowest BCUT2D eigenvalue weighted by molar-refractivity contribution is 0.340. The molecule has 0 aliphatic rings. The van der Waals surface area contributed by atoms with E-state index in [-0.39, 0.29) is 0 Å². The van der Waals surface area contributed by atoms with Crippen LogP contribution in [0.4, 0.5) is 0 Å². The monoisotopic (exact) mass is 413 g/mol. The van der Waals surface area contributed by atoms with Crippen LogP contribution < -0.4 is 4.74 Å². The second-order valence-electron chi connectivity index (χ2n) is 6.40. The van der Waals surface area contributed by atoms with Crippen molar-refractivity contribution in [2.24, 2.45) is 0 Å². The van der Waals surface area contributed by atoms with Crippen molar-refractivity contribution >= 4 is 11.8 Å². The van der Waals surface area contributed by atoms with Crippen LogP contribution in [0.2, 0.25) is 0 Å². The average molecular weight is 414 g/mol. The van der Waals surface area contributed by atoms with E-state index in [1.807, 2.05) is 72.2 Å². The minimum atomic E-state index is 0.625. The molecule has 0 saturated carbocycles. The summed E-state index contributed by atoms with van der Waals surface area (Å²) in [5.41, 5.74) is 3.67. The average Bonchev–Trinajstić information content (AvgIpc) is 3.23. The Labute approximate surface area is 179 Å². The molecule has 0 atom stereocenters. The first-order valence-corrected chi connectivity index (χ1v) is 10.5. The van der Waals surface area contributed by atoms with Gasteiger partial charge in [-0.2, -0.15) is 5.26 Å². The first-order valence-electron chi connectivity index (χ1n) is 9.49. The first-order chi connectivity index (χ1) is 14.8. The summed E-state index contributed by atoms with van der Waals surface area (Å²) in [6, 6.07) is 21.5. The van der Waals surface area contributed by atoms with Crippen molar-refractivity contribution in [2.45, 2.75) is 17.8 Å². The number of benzene rings is 2. The third kappa shape index (κ3) is 4.34. The molecule has 0 amide bonds. The molecule has 2 aromatic carbocycles. The number of nitrogens with zero attached hydrogens (tertiary/aromatic N) is 5. The summed E-state index contributed by atoms with van der Waals surface area (Å²) in [6.45, 7) is 2.59. The highest BCUT2D eigenvalue weighted by atomic mass is 32.2. The van der Waals surface area contributed by atoms with E-state index in [0.717, 1.165) is 39.3 Å². The standard InChI is InChI=1S/C23H19N5OS/c1-2-29-21-9-7-20(8-10-21)28-22(19-11-13-25-14-12-19)26-27-23(28)30-16-18-5-3-17(15-24)4-6-18/h3-14H,2,16H2,1H3. The van der Waals surface area contributed by atoms with E-state index in [4.69, 9.17) is 10.00 Å². The number of pyridine rings is 1. The number of hydrogen-bond donors (Lipinski definition) is 0. The molecule has 30 heavy (non-hydrogen) atoms. The summed E-state index contributed by atoms with van der Waals surface area (Å²) < 4.78 is 7.61. The fourth-order valence-corrected chi connectivity index (χ4v) is 3.87. The van der Waals surface area contributed by atoms with Crippen molar-refractivity contribution in [2.75, 3.05) is 6.61 Å². The maximum Gasteiger partial charge on any atom is 0.196 e. The molecule has 4 aromatic rings. The van der Waals surface area contributed by atoms with Crippen molar-refractivity contribution < 1.29 is 4.74 Å². The van der Waals surface area contributed by atoms with E-state index in [9.17, 15) is 0 Å². The Morgan fingerprint density at radius 3 is 2.37 bits per heavy atom. The zero-order chi connectivity index (χ0) is 20.8. The van der Waals surface area contributed by atoms with Gasteiger partial charge in [-0.05, 0) is 61.0 Å². The number of rotatable bonds is 7. The maximum atomic E-state index is 8.97. The molecule has 0 aliphatic carbocycles. The van der Waals surface area contributed by atoms with Crippen LogP contribution in [0.1, 0.15) is 18.1 Å². The van der Waals surface area contributed by atoms with Gasteiger partial charge in [-0.15, -0.1) is 10.2 Å². The molecular weight excluding hydrogens is 394 g/mol. The van der Waals surface area contributed by atoms with Crippen molar-refractivity contribution in [3.8, 4) is 28.9 Å². The van der Waals surface area contributed by atoms with Crippen LogP contribution in [0.15, 0.2) is 78.2 Å². The molecule has 0 N–H and O–H groups in total. The van der Waals surface area contributed by atoms with Gasteiger partial charge in [0.05, 0.1) is 18.2 Å². The van der Waals surface area contributed by atoms with E-state index in [1.165, 1.54) is 0 Å². The largest absolute Gasteiger partial charge is 0.494 e. The fourth-order valence-electron chi connectivity index (χ4n) is 2.97. The lowest BCUT2D eigenvalue weighted by Crippen LogP contribution is -2.00.